The van der Waals surface area contributed by atoms with E-state index in [0.717, 1.165) is 41.6 Å². The van der Waals surface area contributed by atoms with Crippen molar-refractivity contribution in [3.05, 3.63) is 35.4 Å². The molecule has 0 aliphatic heterocycles. The Morgan fingerprint density at radius 2 is 1.57 bits per heavy atom. The zero-order chi connectivity index (χ0) is 14.6. The van der Waals surface area contributed by atoms with E-state index in [1.54, 1.807) is 6.07 Å². The minimum Gasteiger partial charge on any atom is -0.204 e. The Balaban J connectivity index is 1.49. The van der Waals surface area contributed by atoms with Crippen LogP contribution in [0.4, 0.5) is 8.78 Å². The summed E-state index contributed by atoms with van der Waals surface area (Å²) in [5, 5.41) is 0. The van der Waals surface area contributed by atoms with Gasteiger partial charge in [0.1, 0.15) is 0 Å². The van der Waals surface area contributed by atoms with Crippen molar-refractivity contribution < 1.29 is 8.78 Å². The Morgan fingerprint density at radius 1 is 0.952 bits per heavy atom. The van der Waals surface area contributed by atoms with Crippen LogP contribution in [0.2, 0.25) is 0 Å². The van der Waals surface area contributed by atoms with Gasteiger partial charge in [0, 0.05) is 4.83 Å². The van der Waals surface area contributed by atoms with Gasteiger partial charge in [0.25, 0.3) is 0 Å². The second-order valence-electron chi connectivity index (χ2n) is 7.48. The van der Waals surface area contributed by atoms with Crippen LogP contribution < -0.4 is 0 Å². The van der Waals surface area contributed by atoms with Crippen molar-refractivity contribution >= 4 is 15.9 Å². The summed E-state index contributed by atoms with van der Waals surface area (Å²) in [5.41, 5.74) is 0.907. The molecular formula is C18H21BrF2. The Kier molecular flexibility index (Phi) is 3.60. The van der Waals surface area contributed by atoms with Gasteiger partial charge in [-0.15, -0.1) is 0 Å². The topological polar surface area (TPSA) is 0 Å². The molecule has 1 aromatic rings. The first-order valence-corrected chi connectivity index (χ1v) is 9.09. The predicted molar refractivity (Wildman–Crippen MR) is 83.3 cm³/mol. The molecule has 0 nitrogen and oxygen atoms in total. The quantitative estimate of drug-likeness (QED) is 0.642. The van der Waals surface area contributed by atoms with Crippen molar-refractivity contribution in [3.63, 3.8) is 0 Å². The number of halogens is 3. The van der Waals surface area contributed by atoms with Gasteiger partial charge in [-0.1, -0.05) is 22.0 Å². The van der Waals surface area contributed by atoms with E-state index in [4.69, 9.17) is 0 Å². The first-order valence-electron chi connectivity index (χ1n) is 8.18. The Labute approximate surface area is 133 Å². The van der Waals surface area contributed by atoms with Crippen LogP contribution in [0.1, 0.15) is 37.7 Å². The maximum absolute atomic E-state index is 13.4. The smallest absolute Gasteiger partial charge is 0.159 e. The van der Waals surface area contributed by atoms with Crippen LogP contribution >= 0.6 is 15.9 Å². The molecule has 4 bridgehead atoms. The Morgan fingerprint density at radius 3 is 2.14 bits per heavy atom. The van der Waals surface area contributed by atoms with Crippen molar-refractivity contribution in [3.8, 4) is 0 Å². The Hall–Kier alpha value is -0.440. The highest BCUT2D eigenvalue weighted by molar-refractivity contribution is 9.09. The predicted octanol–water partition coefficient (Wildman–Crippen LogP) is 5.34. The molecule has 0 amide bonds. The van der Waals surface area contributed by atoms with Crippen LogP contribution in [0.5, 0.6) is 0 Å². The minimum absolute atomic E-state index is 0.400. The van der Waals surface area contributed by atoms with E-state index >= 15 is 0 Å². The van der Waals surface area contributed by atoms with Crippen LogP contribution in [0.3, 0.4) is 0 Å². The van der Waals surface area contributed by atoms with Gasteiger partial charge in [-0.2, -0.15) is 0 Å². The Bertz CT molecular complexity index is 514. The number of alkyl halides is 1. The fourth-order valence-corrected chi connectivity index (χ4v) is 6.82. The van der Waals surface area contributed by atoms with Gasteiger partial charge in [0.05, 0.1) is 0 Å². The minimum atomic E-state index is -0.750. The number of hydrogen-bond donors (Lipinski definition) is 0. The van der Waals surface area contributed by atoms with Gasteiger partial charge in [-0.25, -0.2) is 8.78 Å². The third kappa shape index (κ3) is 2.56. The molecule has 4 aliphatic carbocycles. The molecule has 5 rings (SSSR count). The van der Waals surface area contributed by atoms with Gasteiger partial charge in [-0.05, 0) is 85.8 Å². The van der Waals surface area contributed by atoms with Crippen molar-refractivity contribution in [2.45, 2.75) is 43.4 Å². The maximum atomic E-state index is 13.4. The van der Waals surface area contributed by atoms with Crippen LogP contribution in [0, 0.1) is 41.2 Å². The lowest BCUT2D eigenvalue weighted by molar-refractivity contribution is -0.0360. The molecule has 4 saturated carbocycles. The molecule has 0 radical (unpaired) electrons. The third-order valence-electron chi connectivity index (χ3n) is 6.13. The molecule has 0 saturated heterocycles. The average Bonchev–Trinajstić information content (AvgIpc) is 2.41. The largest absolute Gasteiger partial charge is 0.204 e. The van der Waals surface area contributed by atoms with E-state index in [1.807, 2.05) is 0 Å². The molecule has 0 heterocycles. The van der Waals surface area contributed by atoms with E-state index in [-0.39, 0.29) is 0 Å². The van der Waals surface area contributed by atoms with Crippen LogP contribution in [-0.2, 0) is 6.42 Å². The van der Waals surface area contributed by atoms with E-state index in [1.165, 1.54) is 44.2 Å². The van der Waals surface area contributed by atoms with E-state index < -0.39 is 11.6 Å². The number of benzene rings is 1. The van der Waals surface area contributed by atoms with Crippen molar-refractivity contribution in [1.29, 1.82) is 0 Å². The third-order valence-corrected chi connectivity index (χ3v) is 7.07. The van der Waals surface area contributed by atoms with Crippen molar-refractivity contribution in [2.24, 2.45) is 29.6 Å². The fourth-order valence-electron chi connectivity index (χ4n) is 5.59. The monoisotopic (exact) mass is 354 g/mol. The SMILES string of the molecule is Fc1ccc(CC(Br)C2C3CC4CC(C3)CC2C4)cc1F. The average molecular weight is 355 g/mol. The summed E-state index contributed by atoms with van der Waals surface area (Å²) in [5.74, 6) is 2.92. The van der Waals surface area contributed by atoms with Gasteiger partial charge in [0.2, 0.25) is 0 Å². The molecule has 4 fully saturated rings. The summed E-state index contributed by atoms with van der Waals surface area (Å²) in [7, 11) is 0. The molecule has 1 atom stereocenters. The highest BCUT2D eigenvalue weighted by atomic mass is 79.9. The highest BCUT2D eigenvalue weighted by Crippen LogP contribution is 2.58. The number of rotatable bonds is 3. The second kappa shape index (κ2) is 5.33. The van der Waals surface area contributed by atoms with E-state index in [0.29, 0.717) is 4.83 Å². The highest BCUT2D eigenvalue weighted by Gasteiger charge is 2.49. The molecule has 4 aliphatic rings. The molecule has 3 heteroatoms. The maximum Gasteiger partial charge on any atom is 0.159 e. The molecule has 21 heavy (non-hydrogen) atoms. The number of hydrogen-bond acceptors (Lipinski definition) is 0. The lowest BCUT2D eigenvalue weighted by Crippen LogP contribution is -2.48. The van der Waals surface area contributed by atoms with Gasteiger partial charge in [-0.3, -0.25) is 0 Å². The zero-order valence-corrected chi connectivity index (χ0v) is 13.7. The summed E-state index contributed by atoms with van der Waals surface area (Å²) < 4.78 is 26.4. The molecule has 0 spiro atoms. The standard InChI is InChI=1S/C18H21BrF2/c19-15(8-10-1-2-16(20)17(21)9-10)18-13-4-11-3-12(6-13)7-14(18)5-11/h1-2,9,11-15,18H,3-8H2. The summed E-state index contributed by atoms with van der Waals surface area (Å²) in [4.78, 5) is 0.400. The van der Waals surface area contributed by atoms with Crippen LogP contribution in [0.15, 0.2) is 18.2 Å². The van der Waals surface area contributed by atoms with Gasteiger partial charge >= 0.3 is 0 Å². The molecule has 1 unspecified atom stereocenters. The summed E-state index contributed by atoms with van der Waals surface area (Å²) >= 11 is 3.89. The molecule has 1 aromatic carbocycles. The van der Waals surface area contributed by atoms with Crippen molar-refractivity contribution in [2.75, 3.05) is 0 Å². The first-order chi connectivity index (χ1) is 10.1. The molecule has 0 N–H and O–H groups in total. The fraction of sp³-hybridized carbons (Fsp3) is 0.667. The molecule has 114 valence electrons. The van der Waals surface area contributed by atoms with Crippen LogP contribution in [-0.4, -0.2) is 4.83 Å². The summed E-state index contributed by atoms with van der Waals surface area (Å²) in [6.45, 7) is 0. The zero-order valence-electron chi connectivity index (χ0n) is 12.1. The van der Waals surface area contributed by atoms with Gasteiger partial charge < -0.3 is 0 Å². The first kappa shape index (κ1) is 14.2. The molecule has 0 aromatic heterocycles. The van der Waals surface area contributed by atoms with E-state index in [2.05, 4.69) is 15.9 Å². The van der Waals surface area contributed by atoms with E-state index in [9.17, 15) is 8.78 Å². The van der Waals surface area contributed by atoms with Crippen molar-refractivity contribution in [1.82, 2.24) is 0 Å². The normalized spacial score (nSPS) is 38.7. The lowest BCUT2D eigenvalue weighted by Gasteiger charge is -2.55. The summed E-state index contributed by atoms with van der Waals surface area (Å²) in [6, 6.07) is 4.34. The lowest BCUT2D eigenvalue weighted by atomic mass is 9.51. The second-order valence-corrected chi connectivity index (χ2v) is 8.65. The molecular weight excluding hydrogens is 334 g/mol. The van der Waals surface area contributed by atoms with Crippen LogP contribution in [0.25, 0.3) is 0 Å². The summed E-state index contributed by atoms with van der Waals surface area (Å²) in [6.07, 6.45) is 7.88. The van der Waals surface area contributed by atoms with Gasteiger partial charge in [0.15, 0.2) is 11.6 Å².